The van der Waals surface area contributed by atoms with E-state index in [1.165, 1.54) is 0 Å². The first-order valence-corrected chi connectivity index (χ1v) is 6.74. The molecule has 0 saturated carbocycles. The second-order valence-corrected chi connectivity index (χ2v) is 4.09. The van der Waals surface area contributed by atoms with Crippen LogP contribution in [0.25, 0.3) is 0 Å². The van der Waals surface area contributed by atoms with Crippen LogP contribution >= 0.6 is 0 Å². The van der Waals surface area contributed by atoms with Crippen LogP contribution in [0.4, 0.5) is 0 Å². The van der Waals surface area contributed by atoms with Crippen LogP contribution in [0.15, 0.2) is 0 Å². The molecule has 19 heavy (non-hydrogen) atoms. The van der Waals surface area contributed by atoms with E-state index in [2.05, 4.69) is 5.32 Å². The Kier molecular flexibility index (Phi) is 13.2. The minimum atomic E-state index is -0.194. The minimum Gasteiger partial charge on any atom is -0.463 e. The highest BCUT2D eigenvalue weighted by Crippen LogP contribution is 1.96. The van der Waals surface area contributed by atoms with Gasteiger partial charge in [-0.3, -0.25) is 4.79 Å². The monoisotopic (exact) mass is 277 g/mol. The molecule has 6 nitrogen and oxygen atoms in total. The molecule has 0 aromatic carbocycles. The van der Waals surface area contributed by atoms with E-state index in [-0.39, 0.29) is 18.5 Å². The predicted octanol–water partition coefficient (Wildman–Crippen LogP) is 0.455. The van der Waals surface area contributed by atoms with Gasteiger partial charge in [-0.1, -0.05) is 13.8 Å². The molecule has 0 aliphatic rings. The van der Waals surface area contributed by atoms with Crippen molar-refractivity contribution in [3.63, 3.8) is 0 Å². The first kappa shape index (κ1) is 18.3. The van der Waals surface area contributed by atoms with Gasteiger partial charge in [-0.05, 0) is 6.54 Å². The van der Waals surface area contributed by atoms with Crippen LogP contribution in [0.2, 0.25) is 0 Å². The fourth-order valence-corrected chi connectivity index (χ4v) is 1.25. The van der Waals surface area contributed by atoms with Gasteiger partial charge in [0.15, 0.2) is 0 Å². The predicted molar refractivity (Wildman–Crippen MR) is 72.2 cm³/mol. The highest BCUT2D eigenvalue weighted by molar-refractivity contribution is 5.72. The second kappa shape index (κ2) is 13.7. The number of methoxy groups -OCH3 is 1. The maximum atomic E-state index is 11.5. The van der Waals surface area contributed by atoms with Gasteiger partial charge >= 0.3 is 5.97 Å². The zero-order valence-electron chi connectivity index (χ0n) is 12.3. The van der Waals surface area contributed by atoms with E-state index in [1.807, 2.05) is 13.8 Å². The standard InChI is InChI=1S/C13H27NO5/c1-4-14-11-12(2)13(15)19-10-9-18-8-7-17-6-5-16-3/h12,14H,4-11H2,1-3H3. The zero-order chi connectivity index (χ0) is 14.3. The Morgan fingerprint density at radius 3 is 2.21 bits per heavy atom. The number of carbonyl (C=O) groups is 1. The lowest BCUT2D eigenvalue weighted by Gasteiger charge is -2.11. The Bertz CT molecular complexity index is 213. The van der Waals surface area contributed by atoms with E-state index in [9.17, 15) is 4.79 Å². The van der Waals surface area contributed by atoms with Crippen molar-refractivity contribution in [1.29, 1.82) is 0 Å². The quantitative estimate of drug-likeness (QED) is 0.389. The number of hydrogen-bond acceptors (Lipinski definition) is 6. The molecule has 0 heterocycles. The molecule has 0 amide bonds. The van der Waals surface area contributed by atoms with Crippen LogP contribution in [0.5, 0.6) is 0 Å². The molecule has 1 N–H and O–H groups in total. The highest BCUT2D eigenvalue weighted by atomic mass is 16.6. The molecule has 0 saturated heterocycles. The second-order valence-electron chi connectivity index (χ2n) is 4.09. The molecule has 0 aromatic heterocycles. The maximum Gasteiger partial charge on any atom is 0.310 e. The lowest BCUT2D eigenvalue weighted by atomic mass is 10.2. The van der Waals surface area contributed by atoms with Crippen molar-refractivity contribution in [2.24, 2.45) is 5.92 Å². The summed E-state index contributed by atoms with van der Waals surface area (Å²) in [4.78, 5) is 11.5. The zero-order valence-corrected chi connectivity index (χ0v) is 12.3. The summed E-state index contributed by atoms with van der Waals surface area (Å²) in [5, 5.41) is 3.11. The minimum absolute atomic E-state index is 0.127. The Morgan fingerprint density at radius 2 is 1.63 bits per heavy atom. The molecule has 0 fully saturated rings. The summed E-state index contributed by atoms with van der Waals surface area (Å²) >= 11 is 0. The number of hydrogen-bond donors (Lipinski definition) is 1. The molecule has 0 rings (SSSR count). The molecule has 1 unspecified atom stereocenters. The van der Waals surface area contributed by atoms with Crippen molar-refractivity contribution in [2.45, 2.75) is 13.8 Å². The fraction of sp³-hybridized carbons (Fsp3) is 0.923. The summed E-state index contributed by atoms with van der Waals surface area (Å²) in [6, 6.07) is 0. The normalized spacial score (nSPS) is 12.4. The summed E-state index contributed by atoms with van der Waals surface area (Å²) in [7, 11) is 1.63. The van der Waals surface area contributed by atoms with E-state index < -0.39 is 0 Å². The van der Waals surface area contributed by atoms with Crippen LogP contribution in [0.3, 0.4) is 0 Å². The van der Waals surface area contributed by atoms with Crippen LogP contribution in [0.1, 0.15) is 13.8 Å². The molecular weight excluding hydrogens is 250 g/mol. The average molecular weight is 277 g/mol. The van der Waals surface area contributed by atoms with Gasteiger partial charge < -0.3 is 24.3 Å². The third-order valence-corrected chi connectivity index (χ3v) is 2.38. The Hall–Kier alpha value is -0.690. The number of ether oxygens (including phenoxy) is 4. The summed E-state index contributed by atoms with van der Waals surface area (Å²) < 4.78 is 20.4. The largest absolute Gasteiger partial charge is 0.463 e. The smallest absolute Gasteiger partial charge is 0.310 e. The van der Waals surface area contributed by atoms with Gasteiger partial charge in [0.25, 0.3) is 0 Å². The average Bonchev–Trinajstić information content (AvgIpc) is 2.42. The molecule has 0 aliphatic heterocycles. The van der Waals surface area contributed by atoms with Gasteiger partial charge in [0.2, 0.25) is 0 Å². The van der Waals surface area contributed by atoms with Crippen molar-refractivity contribution in [2.75, 3.05) is 59.8 Å². The molecule has 0 aliphatic carbocycles. The van der Waals surface area contributed by atoms with Crippen LogP contribution in [-0.2, 0) is 23.7 Å². The van der Waals surface area contributed by atoms with Gasteiger partial charge in [0.1, 0.15) is 6.61 Å². The first-order chi connectivity index (χ1) is 9.22. The van der Waals surface area contributed by atoms with Gasteiger partial charge in [-0.25, -0.2) is 0 Å². The van der Waals surface area contributed by atoms with Crippen molar-refractivity contribution < 1.29 is 23.7 Å². The Balaban J connectivity index is 3.27. The molecule has 0 bridgehead atoms. The fourth-order valence-electron chi connectivity index (χ4n) is 1.25. The number of esters is 1. The summed E-state index contributed by atoms with van der Waals surface area (Å²) in [5.74, 6) is -0.321. The van der Waals surface area contributed by atoms with Gasteiger partial charge in [-0.15, -0.1) is 0 Å². The molecule has 0 spiro atoms. The van der Waals surface area contributed by atoms with E-state index in [0.29, 0.717) is 39.6 Å². The molecule has 114 valence electrons. The van der Waals surface area contributed by atoms with Gasteiger partial charge in [0, 0.05) is 13.7 Å². The van der Waals surface area contributed by atoms with Gasteiger partial charge in [-0.2, -0.15) is 0 Å². The third kappa shape index (κ3) is 12.1. The van der Waals surface area contributed by atoms with E-state index >= 15 is 0 Å². The number of rotatable bonds is 13. The lowest BCUT2D eigenvalue weighted by molar-refractivity contribution is -0.149. The van der Waals surface area contributed by atoms with Crippen molar-refractivity contribution in [1.82, 2.24) is 5.32 Å². The summed E-state index contributed by atoms with van der Waals surface area (Å²) in [6.07, 6.45) is 0. The van der Waals surface area contributed by atoms with E-state index in [1.54, 1.807) is 7.11 Å². The Morgan fingerprint density at radius 1 is 1.05 bits per heavy atom. The molecule has 1 atom stereocenters. The van der Waals surface area contributed by atoms with Crippen LogP contribution < -0.4 is 5.32 Å². The first-order valence-electron chi connectivity index (χ1n) is 6.74. The van der Waals surface area contributed by atoms with Gasteiger partial charge in [0.05, 0.1) is 39.0 Å². The number of carbonyl (C=O) groups excluding carboxylic acids is 1. The van der Waals surface area contributed by atoms with E-state index in [0.717, 1.165) is 6.54 Å². The molecule has 0 radical (unpaired) electrons. The lowest BCUT2D eigenvalue weighted by Crippen LogP contribution is -2.28. The SMILES string of the molecule is CCNCC(C)C(=O)OCCOCCOCCOC. The van der Waals surface area contributed by atoms with Crippen molar-refractivity contribution in [3.05, 3.63) is 0 Å². The van der Waals surface area contributed by atoms with Crippen LogP contribution in [-0.4, -0.2) is 65.8 Å². The topological polar surface area (TPSA) is 66.0 Å². The maximum absolute atomic E-state index is 11.5. The highest BCUT2D eigenvalue weighted by Gasteiger charge is 2.13. The van der Waals surface area contributed by atoms with Crippen molar-refractivity contribution >= 4 is 5.97 Å². The van der Waals surface area contributed by atoms with Crippen LogP contribution in [0, 0.1) is 5.92 Å². The Labute approximate surface area is 115 Å². The number of nitrogens with one attached hydrogen (secondary N) is 1. The third-order valence-electron chi connectivity index (χ3n) is 2.38. The molecule has 6 heteroatoms. The molecule has 0 aromatic rings. The van der Waals surface area contributed by atoms with E-state index in [4.69, 9.17) is 18.9 Å². The summed E-state index contributed by atoms with van der Waals surface area (Å²) in [5.41, 5.74) is 0. The van der Waals surface area contributed by atoms with Crippen molar-refractivity contribution in [3.8, 4) is 0 Å². The summed E-state index contributed by atoms with van der Waals surface area (Å²) in [6.45, 7) is 8.19. The molecular formula is C13H27NO5.